The van der Waals surface area contributed by atoms with Crippen LogP contribution < -0.4 is 73.0 Å². The number of piperidine rings is 4. The van der Waals surface area contributed by atoms with Gasteiger partial charge >= 0.3 is 30.9 Å². The van der Waals surface area contributed by atoms with E-state index in [1.54, 1.807) is 128 Å². The zero-order chi connectivity index (χ0) is 124. The van der Waals surface area contributed by atoms with Gasteiger partial charge in [0, 0.05) is 118 Å². The monoisotopic (exact) mass is 2040 g/mol. The van der Waals surface area contributed by atoms with Crippen molar-refractivity contribution in [1.82, 2.24) is 24.9 Å². The molecule has 8 heterocycles. The Balaban J connectivity index is 0.000000236. The van der Waals surface area contributed by atoms with Crippen molar-refractivity contribution in [2.75, 3.05) is 66.4 Å². The molecule has 15 atom stereocenters. The van der Waals surface area contributed by atoms with Crippen molar-refractivity contribution in [1.29, 1.82) is 0 Å². The van der Waals surface area contributed by atoms with Crippen LogP contribution in [0.4, 0.5) is 4.79 Å². The zero-order valence-corrected chi connectivity index (χ0v) is 80.0. The number of likely N-dealkylation sites (tertiary alicyclic amines) is 2. The number of rotatable bonds is 14. The van der Waals surface area contributed by atoms with Gasteiger partial charge in [-0.1, -0.05) is 327 Å². The summed E-state index contributed by atoms with van der Waals surface area (Å²) in [6, 6.07) is 85.0. The van der Waals surface area contributed by atoms with Crippen LogP contribution in [-0.4, -0.2) is 184 Å². The summed E-state index contributed by atoms with van der Waals surface area (Å²) >= 11 is 2.36. The second-order valence-corrected chi connectivity index (χ2v) is 40.9. The number of alkyl halides is 1. The van der Waals surface area contributed by atoms with Crippen LogP contribution in [0.15, 0.2) is 285 Å². The molecule has 3 amide bonds. The summed E-state index contributed by atoms with van der Waals surface area (Å²) in [5, 5.41) is 28.1. The molecular formula is C110H144AlBr2ClLiN5O11P2. The van der Waals surface area contributed by atoms with Gasteiger partial charge in [0.05, 0.1) is 58.7 Å². The Bertz CT molecular complexity index is 6400. The molecule has 133 heavy (non-hydrogen) atoms. The normalized spacial score (nSPS) is 31.3. The van der Waals surface area contributed by atoms with E-state index < -0.39 is 237 Å². The van der Waals surface area contributed by atoms with E-state index in [4.69, 9.17) is 69.7 Å². The van der Waals surface area contributed by atoms with E-state index in [1.165, 1.54) is 40.8 Å². The van der Waals surface area contributed by atoms with Crippen LogP contribution in [0.25, 0.3) is 0 Å². The number of nitrogens with one attached hydrogen (secondary N) is 1. The van der Waals surface area contributed by atoms with Gasteiger partial charge in [0.15, 0.2) is 29.8 Å². The van der Waals surface area contributed by atoms with E-state index in [1.807, 2.05) is 102 Å². The standard InChI is InChI=1S/C21H22P.C18H15P.C15H17NO2.C15H21NO.C13H23NO3.C12H11NO2.C9H15NO2.C4H8O.C3H7Br.Al.BrH.ClH.Li.4H/c1-18(2)22(19-12-6-3-7-13-19,20-14-8-4-9-15-20)21-16-10-5-11-17-21;1-4-10-16(11-5-1)19(17-12-6-2-7-13-17)18-14-8-3-9-15-18;1-15(2)11-10-8-18-14(9-6-4-3-5-7-9)16(10)13(17)12(11)15;1-15(2)12-9-16(13(10-17)14(12)15)8-11-6-4-3-5-7-11;1-12(2,3)17-11(16)14-6-8-10(9(14)7-15)13(8,4)5;14-11-7-6-10-8-15-12(13(10)11)9-4-2-1-3-5-9;1-9(2)5-4-10-7(6(5)9)8(11)12-3;1-2-4-5-3-1;1-3(2)4;;;;;;;;/h3-18H,1-2H3;1-15H;3-7,10-12,14H,8H2,1-2H3;3-7,12-14,17H,8-10H2,1-2H3;8-10,15H,6-7H2,1-5H3;1-7,10,12H,8H2;5-7,10H,4H2,1-3H3;1-4H2;3H,1-2H3;;2*1H;;;;;/q+1;;;;;;;;;;;;+1;;;;-1/p-1/t;;10-,11?,12-,14-;12-,13+,14?;8-,9+,10?;10-,12+;5-,6?,7-;;;;;;;;;;/m..10000........../s1/i1D3,2D3,18D;;2*1D3,2D3;4D3,5D3;;1D3,2D3;;1D3,2D3,3D;;;;;;;;. The summed E-state index contributed by atoms with van der Waals surface area (Å²) in [6.45, 7) is -24.6. The first kappa shape index (κ1) is 66.8. The molecule has 21 rings (SSSR count). The van der Waals surface area contributed by atoms with E-state index in [2.05, 4.69) is 117 Å². The predicted molar refractivity (Wildman–Crippen MR) is 547 cm³/mol. The van der Waals surface area contributed by atoms with Gasteiger partial charge in [-0.2, -0.15) is 0 Å². The van der Waals surface area contributed by atoms with Crippen molar-refractivity contribution in [3.05, 3.63) is 302 Å². The van der Waals surface area contributed by atoms with Crippen molar-refractivity contribution in [2.45, 2.75) is 181 Å². The molecule has 9 aromatic carbocycles. The second-order valence-electron chi connectivity index (χ2n) is 34.5. The number of fused-ring (bicyclic) bond motifs is 7. The third-order valence-electron chi connectivity index (χ3n) is 25.2. The first-order valence-electron chi connectivity index (χ1n) is 62.2. The predicted octanol–water partition coefficient (Wildman–Crippen LogP) is 11.9. The van der Waals surface area contributed by atoms with Gasteiger partial charge in [-0.25, -0.2) is 4.79 Å². The molecule has 0 radical (unpaired) electrons. The van der Waals surface area contributed by atoms with Crippen molar-refractivity contribution >= 4 is 117 Å². The number of hydrogen-bond donors (Lipinski definition) is 3. The third-order valence-corrected chi connectivity index (χ3v) is 31.6. The maximum atomic E-state index is 12.9. The van der Waals surface area contributed by atoms with E-state index in [0.29, 0.717) is 35.6 Å². The number of ether oxygens (including phenoxy) is 5. The van der Waals surface area contributed by atoms with Gasteiger partial charge in [-0.05, 0) is 183 Å². The number of methoxy groups -OCH3 is 1. The molecule has 23 heteroatoms. The number of amides is 3. The molecule has 4 unspecified atom stereocenters. The number of halogens is 3. The average molecular weight is 2040 g/mol. The van der Waals surface area contributed by atoms with Crippen LogP contribution in [-0.2, 0) is 44.6 Å². The van der Waals surface area contributed by atoms with Gasteiger partial charge in [0.1, 0.15) is 34.8 Å². The molecule has 16 nitrogen and oxygen atoms in total. The Kier molecular flexibility index (Phi) is 24.5. The molecule has 4 saturated carbocycles. The fourth-order valence-corrected chi connectivity index (χ4v) is 24.6. The number of aliphatic hydroxyl groups is 2. The van der Waals surface area contributed by atoms with E-state index in [9.17, 15) is 30.8 Å². The van der Waals surface area contributed by atoms with Crippen LogP contribution in [0.1, 0.15) is 198 Å². The summed E-state index contributed by atoms with van der Waals surface area (Å²) in [7, 11) is -2.72. The molecule has 3 N–H and O–H groups in total. The van der Waals surface area contributed by atoms with Crippen LogP contribution >= 0.6 is 43.5 Å². The molecule has 12 aliphatic rings. The summed E-state index contributed by atoms with van der Waals surface area (Å²) < 4.78 is 317. The molecule has 710 valence electrons. The number of carbonyl (C=O) groups is 4. The molecule has 0 spiro atoms. The number of benzene rings is 9. The number of nitrogens with zero attached hydrogens (tertiary/aromatic N) is 4. The maximum Gasteiger partial charge on any atom is 1.00 e. The van der Waals surface area contributed by atoms with Crippen LogP contribution in [0, 0.1) is 69.0 Å². The van der Waals surface area contributed by atoms with Crippen molar-refractivity contribution < 1.29 is 142 Å². The Hall–Kier alpha value is -6.64. The first-order valence-corrected chi connectivity index (χ1v) is 47.1. The van der Waals surface area contributed by atoms with Crippen LogP contribution in [0.2, 0.25) is 0 Å². The molecule has 4 aliphatic carbocycles. The van der Waals surface area contributed by atoms with Crippen molar-refractivity contribution in [3.8, 4) is 0 Å². The van der Waals surface area contributed by atoms with E-state index in [0.717, 1.165) is 29.9 Å². The van der Waals surface area contributed by atoms with E-state index in [-0.39, 0.29) is 112 Å². The van der Waals surface area contributed by atoms with Gasteiger partial charge in [-0.15, -0.1) is 12.4 Å². The van der Waals surface area contributed by atoms with Crippen LogP contribution in [0.3, 0.4) is 0 Å². The minimum absolute atomic E-state index is 0. The van der Waals surface area contributed by atoms with Gasteiger partial charge < -0.3 is 72.3 Å². The Morgan fingerprint density at radius 1 is 0.571 bits per heavy atom. The van der Waals surface area contributed by atoms with Crippen LogP contribution in [0.5, 0.6) is 0 Å². The fraction of sp³-hybridized carbons (Fsp3) is 0.455. The maximum absolute atomic E-state index is 12.9. The summed E-state index contributed by atoms with van der Waals surface area (Å²) in [5.74, 6) is -6.26. The molecule has 0 aromatic heterocycles. The number of esters is 1. The number of aliphatic hydroxyl groups excluding tert-OH is 2. The number of hydrogen-bond acceptors (Lipinski definition) is 13. The number of carbonyl (C=O) groups excluding carboxylic acids is 4. The molecule has 0 bridgehead atoms. The smallest absolute Gasteiger partial charge is 1.00 e. The van der Waals surface area contributed by atoms with Gasteiger partial charge in [0.2, 0.25) is 11.8 Å². The second kappa shape index (κ2) is 48.8. The minimum Gasteiger partial charge on any atom is -1.00 e. The largest absolute Gasteiger partial charge is 1.00 e. The average Bonchev–Trinajstić information content (AvgIpc) is 1.46. The van der Waals surface area contributed by atoms with Crippen molar-refractivity contribution in [3.63, 3.8) is 0 Å². The zero-order valence-electron chi connectivity index (χ0n) is 113. The Morgan fingerprint density at radius 2 is 0.992 bits per heavy atom. The Morgan fingerprint density at radius 3 is 1.40 bits per heavy atom. The quantitative estimate of drug-likeness (QED) is 0.0406. The molecule has 7 saturated heterocycles. The molecule has 11 fully saturated rings. The third kappa shape index (κ3) is 25.5. The molecule has 9 aromatic rings. The topological polar surface area (TPSA) is 180 Å². The van der Waals surface area contributed by atoms with Gasteiger partial charge in [-0.3, -0.25) is 19.3 Å². The SMILES string of the molecule is C1CCOC1.Cl.O=C1C=C[C@H]2CO[C@H](c3ccccc3)N12.[2H]C([2H])([2H])C([2H])(Br)C([2H])([2H])[2H].[2H]C([2H])([2H])C([2H])(C([2H])([2H])[2H])[P+](c1ccccc1)(c1ccccc1)c1ccccc1.[2H]C([2H])([2H])C1(C([2H])([2H])[2H])C2[C@@H](C(=O)OC)NC[C@@H]21.[2H]C([2H])([2H])C1(C([2H])([2H])[2H])C2[C@@H](CO)N(C(=O)OC(C)(C)C)C[C@@H]21.[2H]C([2H])([2H])C1(C([2H])([2H])[2H])C2[C@@H](CO)N(Cc3ccccc3)C[C@@H]21.[2H]C([2H])([2H])C1(C([2H])([2H])[2H])C2[C@H]3CO[C@H](c4ccccc4)N3C(=O)[C@@H]21.[AlH3].[Br-].[H-].[Li+].c1ccc(P(c2ccccc2)c2ccccc2)cc1. The Labute approximate surface area is 897 Å². The summed E-state index contributed by atoms with van der Waals surface area (Å²) in [4.78, 5) is 52.3. The minimum atomic E-state index is -3.48. The molecule has 8 aliphatic heterocycles. The fourth-order valence-electron chi connectivity index (χ4n) is 18.8. The summed E-state index contributed by atoms with van der Waals surface area (Å²) in [6.07, 6.45) is 4.66. The molecular weight excluding hydrogens is 1860 g/mol. The van der Waals surface area contributed by atoms with Crippen molar-refractivity contribution in [2.24, 2.45) is 69.0 Å². The first-order chi connectivity index (χ1) is 77.4. The van der Waals surface area contributed by atoms with E-state index >= 15 is 0 Å². The van der Waals surface area contributed by atoms with Gasteiger partial charge in [0.25, 0.3) is 0 Å². The summed E-state index contributed by atoms with van der Waals surface area (Å²) in [5.41, 5.74) is -7.78.